The molecule has 1 N–H and O–H groups in total. The molecule has 2 heterocycles. The van der Waals surface area contributed by atoms with Crippen molar-refractivity contribution in [3.8, 4) is 0 Å². The quantitative estimate of drug-likeness (QED) is 0.814. The molecule has 0 aromatic rings. The molecular formula is C18H27N3O3S. The Balaban J connectivity index is 1.72. The van der Waals surface area contributed by atoms with Crippen LogP contribution in [0.5, 0.6) is 0 Å². The van der Waals surface area contributed by atoms with Crippen molar-refractivity contribution >= 4 is 21.8 Å². The number of hydrogen-bond acceptors (Lipinski definition) is 4. The highest BCUT2D eigenvalue weighted by atomic mass is 32.2. The van der Waals surface area contributed by atoms with Gasteiger partial charge in [-0.2, -0.15) is 0 Å². The number of carbonyl (C=O) groups excluding carboxylic acids is 1. The first-order chi connectivity index (χ1) is 11.7. The van der Waals surface area contributed by atoms with Gasteiger partial charge in [0.2, 0.25) is 0 Å². The van der Waals surface area contributed by atoms with Crippen LogP contribution in [0.25, 0.3) is 0 Å². The molecule has 0 radical (unpaired) electrons. The molecule has 1 aliphatic carbocycles. The Hall–Kier alpha value is -1.63. The molecule has 1 amide bonds. The molecule has 2 aliphatic heterocycles. The number of sulfonamides is 1. The van der Waals surface area contributed by atoms with Gasteiger partial charge in [-0.25, -0.2) is 8.42 Å². The summed E-state index contributed by atoms with van der Waals surface area (Å²) in [6, 6.07) is 0.187. The second-order valence-corrected chi connectivity index (χ2v) is 9.94. The SMILES string of the molecule is CC(C)(C)C1CCCCC1NC(=O)C1=CN2CCS(=O)(=O)N=C2C=C1. The van der Waals surface area contributed by atoms with Gasteiger partial charge >= 0.3 is 0 Å². The van der Waals surface area contributed by atoms with E-state index in [4.69, 9.17) is 0 Å². The van der Waals surface area contributed by atoms with Gasteiger partial charge in [0.25, 0.3) is 15.9 Å². The number of hydrogen-bond donors (Lipinski definition) is 1. The molecule has 7 heteroatoms. The summed E-state index contributed by atoms with van der Waals surface area (Å²) in [7, 11) is -3.37. The molecule has 1 fully saturated rings. The molecular weight excluding hydrogens is 338 g/mol. The topological polar surface area (TPSA) is 78.8 Å². The van der Waals surface area contributed by atoms with Gasteiger partial charge in [-0.3, -0.25) is 4.79 Å². The van der Waals surface area contributed by atoms with E-state index in [1.165, 1.54) is 6.42 Å². The van der Waals surface area contributed by atoms with Gasteiger partial charge in [0.15, 0.2) is 0 Å². The highest BCUT2D eigenvalue weighted by molar-refractivity contribution is 7.90. The Kier molecular flexibility index (Phi) is 4.79. The maximum Gasteiger partial charge on any atom is 0.256 e. The maximum absolute atomic E-state index is 12.7. The van der Waals surface area contributed by atoms with Crippen molar-refractivity contribution < 1.29 is 13.2 Å². The van der Waals surface area contributed by atoms with E-state index in [1.54, 1.807) is 23.3 Å². The van der Waals surface area contributed by atoms with Crippen LogP contribution in [0.1, 0.15) is 46.5 Å². The minimum atomic E-state index is -3.37. The predicted octanol–water partition coefficient (Wildman–Crippen LogP) is 2.21. The molecule has 25 heavy (non-hydrogen) atoms. The Labute approximate surface area is 150 Å². The molecule has 3 aliphatic rings. The van der Waals surface area contributed by atoms with Crippen molar-refractivity contribution in [3.63, 3.8) is 0 Å². The summed E-state index contributed by atoms with van der Waals surface area (Å²) < 4.78 is 26.9. The summed E-state index contributed by atoms with van der Waals surface area (Å²) >= 11 is 0. The number of rotatable bonds is 2. The normalized spacial score (nSPS) is 28.7. The van der Waals surface area contributed by atoms with Crippen molar-refractivity contribution in [1.82, 2.24) is 10.2 Å². The Morgan fingerprint density at radius 2 is 1.96 bits per heavy atom. The van der Waals surface area contributed by atoms with E-state index >= 15 is 0 Å². The number of nitrogens with one attached hydrogen (secondary N) is 1. The summed E-state index contributed by atoms with van der Waals surface area (Å²) in [5.74, 6) is 0.735. The number of fused-ring (bicyclic) bond motifs is 1. The van der Waals surface area contributed by atoms with Crippen molar-refractivity contribution in [2.75, 3.05) is 12.3 Å². The third kappa shape index (κ3) is 4.14. The monoisotopic (exact) mass is 365 g/mol. The third-order valence-corrected chi connectivity index (χ3v) is 6.44. The standard InChI is InChI=1S/C18H27N3O3S/c1-18(2,3)14-6-4-5-7-15(14)19-17(22)13-8-9-16-20-25(23,24)11-10-21(16)12-13/h8-9,12,14-15H,4-7,10-11H2,1-3H3,(H,19,22). The Morgan fingerprint density at radius 3 is 2.68 bits per heavy atom. The molecule has 0 aromatic carbocycles. The van der Waals surface area contributed by atoms with Gasteiger partial charge in [0.1, 0.15) is 5.84 Å². The first-order valence-electron chi connectivity index (χ1n) is 8.96. The van der Waals surface area contributed by atoms with Crippen LogP contribution in [0.15, 0.2) is 28.3 Å². The number of nitrogens with zero attached hydrogens (tertiary/aromatic N) is 2. The average molecular weight is 365 g/mol. The number of carbonyl (C=O) groups is 1. The van der Waals surface area contributed by atoms with E-state index in [0.717, 1.165) is 19.3 Å². The minimum Gasteiger partial charge on any atom is -0.349 e. The molecule has 1 saturated carbocycles. The van der Waals surface area contributed by atoms with Crippen LogP contribution < -0.4 is 5.32 Å². The molecule has 0 saturated heterocycles. The van der Waals surface area contributed by atoms with Crippen LogP contribution in [0.2, 0.25) is 0 Å². The predicted molar refractivity (Wildman–Crippen MR) is 98.5 cm³/mol. The van der Waals surface area contributed by atoms with Crippen LogP contribution in [0, 0.1) is 11.3 Å². The fourth-order valence-corrected chi connectivity index (χ4v) is 4.90. The molecule has 6 nitrogen and oxygen atoms in total. The first kappa shape index (κ1) is 18.2. The van der Waals surface area contributed by atoms with E-state index in [9.17, 15) is 13.2 Å². The molecule has 2 atom stereocenters. The number of amides is 1. The average Bonchev–Trinajstić information content (AvgIpc) is 2.53. The van der Waals surface area contributed by atoms with Gasteiger partial charge in [0, 0.05) is 18.8 Å². The summed E-state index contributed by atoms with van der Waals surface area (Å²) in [5, 5.41) is 3.21. The van der Waals surface area contributed by atoms with Gasteiger partial charge in [-0.05, 0) is 36.3 Å². The van der Waals surface area contributed by atoms with Crippen LogP contribution in [-0.4, -0.2) is 43.4 Å². The van der Waals surface area contributed by atoms with Gasteiger partial charge in [-0.15, -0.1) is 4.40 Å². The zero-order chi connectivity index (χ0) is 18.2. The van der Waals surface area contributed by atoms with E-state index in [2.05, 4.69) is 30.5 Å². The fourth-order valence-electron chi connectivity index (χ4n) is 3.93. The fraction of sp³-hybridized carbons (Fsp3) is 0.667. The smallest absolute Gasteiger partial charge is 0.256 e. The Bertz CT molecular complexity index is 744. The lowest BCUT2D eigenvalue weighted by molar-refractivity contribution is -0.118. The second-order valence-electron chi connectivity index (χ2n) is 8.18. The molecule has 2 unspecified atom stereocenters. The summed E-state index contributed by atoms with van der Waals surface area (Å²) in [5.41, 5.74) is 0.715. The molecule has 0 spiro atoms. The van der Waals surface area contributed by atoms with E-state index in [-0.39, 0.29) is 23.1 Å². The minimum absolute atomic E-state index is 0.0234. The van der Waals surface area contributed by atoms with Gasteiger partial charge < -0.3 is 10.2 Å². The van der Waals surface area contributed by atoms with Gasteiger partial charge in [-0.1, -0.05) is 33.6 Å². The van der Waals surface area contributed by atoms with E-state index in [0.29, 0.717) is 23.9 Å². The third-order valence-electron chi connectivity index (χ3n) is 5.28. The molecule has 3 rings (SSSR count). The van der Waals surface area contributed by atoms with Crippen molar-refractivity contribution in [2.45, 2.75) is 52.5 Å². The first-order valence-corrected chi connectivity index (χ1v) is 10.6. The zero-order valence-corrected chi connectivity index (χ0v) is 16.0. The molecule has 0 aromatic heterocycles. The second kappa shape index (κ2) is 6.59. The summed E-state index contributed by atoms with van der Waals surface area (Å²) in [6.07, 6.45) is 9.49. The zero-order valence-electron chi connectivity index (χ0n) is 15.2. The highest BCUT2D eigenvalue weighted by Crippen LogP contribution is 2.38. The number of amidine groups is 1. The van der Waals surface area contributed by atoms with E-state index in [1.807, 2.05) is 0 Å². The summed E-state index contributed by atoms with van der Waals surface area (Å²) in [6.45, 7) is 7.03. The summed E-state index contributed by atoms with van der Waals surface area (Å²) in [4.78, 5) is 14.5. The van der Waals surface area contributed by atoms with Crippen LogP contribution >= 0.6 is 0 Å². The van der Waals surface area contributed by atoms with Crippen LogP contribution in [0.3, 0.4) is 0 Å². The van der Waals surface area contributed by atoms with E-state index < -0.39 is 10.0 Å². The Morgan fingerprint density at radius 1 is 1.24 bits per heavy atom. The van der Waals surface area contributed by atoms with Gasteiger partial charge in [0.05, 0.1) is 11.3 Å². The lowest BCUT2D eigenvalue weighted by Gasteiger charge is -2.41. The van der Waals surface area contributed by atoms with Crippen LogP contribution in [-0.2, 0) is 14.8 Å². The molecule has 0 bridgehead atoms. The van der Waals surface area contributed by atoms with Crippen molar-refractivity contribution in [3.05, 3.63) is 23.9 Å². The van der Waals surface area contributed by atoms with Crippen molar-refractivity contribution in [2.24, 2.45) is 15.7 Å². The lowest BCUT2D eigenvalue weighted by Crippen LogP contribution is -2.47. The largest absolute Gasteiger partial charge is 0.349 e. The van der Waals surface area contributed by atoms with Crippen LogP contribution in [0.4, 0.5) is 0 Å². The highest BCUT2D eigenvalue weighted by Gasteiger charge is 2.35. The molecule has 138 valence electrons. The maximum atomic E-state index is 12.7. The lowest BCUT2D eigenvalue weighted by atomic mass is 9.69. The van der Waals surface area contributed by atoms with Crippen molar-refractivity contribution in [1.29, 1.82) is 0 Å².